The van der Waals surface area contributed by atoms with Crippen LogP contribution in [0.15, 0.2) is 0 Å². The van der Waals surface area contributed by atoms with E-state index in [1.165, 1.54) is 25.7 Å². The zero-order valence-corrected chi connectivity index (χ0v) is 11.7. The van der Waals surface area contributed by atoms with Crippen molar-refractivity contribution >= 4 is 0 Å². The van der Waals surface area contributed by atoms with Crippen LogP contribution < -0.4 is 5.32 Å². The van der Waals surface area contributed by atoms with E-state index in [4.69, 9.17) is 0 Å². The summed E-state index contributed by atoms with van der Waals surface area (Å²) in [6.45, 7) is 2.24. The molecule has 0 aromatic heterocycles. The van der Waals surface area contributed by atoms with Crippen LogP contribution in [0.25, 0.3) is 0 Å². The van der Waals surface area contributed by atoms with Crippen molar-refractivity contribution in [2.24, 2.45) is 5.92 Å². The van der Waals surface area contributed by atoms with Crippen LogP contribution in [-0.4, -0.2) is 42.8 Å². The summed E-state index contributed by atoms with van der Waals surface area (Å²) in [5.74, 6) is 0.702. The van der Waals surface area contributed by atoms with Crippen LogP contribution in [0.3, 0.4) is 0 Å². The molecule has 1 aliphatic carbocycles. The number of rotatable bonds is 5. The van der Waals surface area contributed by atoms with Crippen LogP contribution in [0.2, 0.25) is 0 Å². The van der Waals surface area contributed by atoms with E-state index in [9.17, 15) is 13.2 Å². The minimum Gasteiger partial charge on any atom is -0.310 e. The Morgan fingerprint density at radius 1 is 1.21 bits per heavy atom. The predicted octanol–water partition coefficient (Wildman–Crippen LogP) is 3.18. The minimum absolute atomic E-state index is 0.252. The minimum atomic E-state index is -4.08. The molecule has 5 heteroatoms. The number of alkyl halides is 3. The molecule has 19 heavy (non-hydrogen) atoms. The molecule has 0 bridgehead atoms. The van der Waals surface area contributed by atoms with Gasteiger partial charge in [0.1, 0.15) is 0 Å². The molecule has 1 saturated heterocycles. The monoisotopic (exact) mass is 278 g/mol. The van der Waals surface area contributed by atoms with Gasteiger partial charge in [0.25, 0.3) is 0 Å². The molecule has 0 amide bonds. The van der Waals surface area contributed by atoms with Crippen molar-refractivity contribution in [2.45, 2.75) is 63.7 Å². The molecule has 1 heterocycles. The number of hydrogen-bond donors (Lipinski definition) is 1. The quantitative estimate of drug-likeness (QED) is 0.831. The second kappa shape index (κ2) is 6.44. The van der Waals surface area contributed by atoms with Crippen LogP contribution in [0.5, 0.6) is 0 Å². The number of nitrogens with one attached hydrogen (secondary N) is 1. The molecule has 1 N–H and O–H groups in total. The first kappa shape index (κ1) is 15.1. The van der Waals surface area contributed by atoms with E-state index in [0.717, 1.165) is 12.8 Å². The third-order valence-corrected chi connectivity index (χ3v) is 4.37. The van der Waals surface area contributed by atoms with Gasteiger partial charge in [-0.25, -0.2) is 0 Å². The molecule has 2 aliphatic rings. The Morgan fingerprint density at radius 3 is 2.58 bits per heavy atom. The normalized spacial score (nSPS) is 31.7. The Labute approximate surface area is 113 Å². The molecule has 2 nitrogen and oxygen atoms in total. The summed E-state index contributed by atoms with van der Waals surface area (Å²) >= 11 is 0. The fourth-order valence-corrected chi connectivity index (χ4v) is 3.69. The third kappa shape index (κ3) is 4.63. The van der Waals surface area contributed by atoms with Gasteiger partial charge < -0.3 is 5.32 Å². The van der Waals surface area contributed by atoms with Gasteiger partial charge in [-0.05, 0) is 38.1 Å². The Hall–Kier alpha value is -0.290. The van der Waals surface area contributed by atoms with Crippen molar-refractivity contribution in [3.8, 4) is 0 Å². The summed E-state index contributed by atoms with van der Waals surface area (Å²) in [5.41, 5.74) is 0. The number of fused-ring (bicyclic) bond motifs is 1. The highest BCUT2D eigenvalue weighted by atomic mass is 19.4. The van der Waals surface area contributed by atoms with Crippen LogP contribution in [0.4, 0.5) is 13.2 Å². The van der Waals surface area contributed by atoms with Gasteiger partial charge in [-0.15, -0.1) is 0 Å². The van der Waals surface area contributed by atoms with E-state index in [1.807, 2.05) is 6.92 Å². The van der Waals surface area contributed by atoms with Gasteiger partial charge in [-0.1, -0.05) is 19.8 Å². The molecule has 0 spiro atoms. The summed E-state index contributed by atoms with van der Waals surface area (Å²) < 4.78 is 37.6. The maximum Gasteiger partial charge on any atom is 0.401 e. The van der Waals surface area contributed by atoms with Crippen molar-refractivity contribution < 1.29 is 13.2 Å². The predicted molar refractivity (Wildman–Crippen MR) is 70.1 cm³/mol. The van der Waals surface area contributed by atoms with Crippen molar-refractivity contribution in [3.05, 3.63) is 0 Å². The molecule has 112 valence electrons. The van der Waals surface area contributed by atoms with Crippen molar-refractivity contribution in [3.63, 3.8) is 0 Å². The lowest BCUT2D eigenvalue weighted by Gasteiger charge is -2.26. The molecule has 2 fully saturated rings. The fraction of sp³-hybridized carbons (Fsp3) is 1.00. The van der Waals surface area contributed by atoms with Gasteiger partial charge in [0.05, 0.1) is 6.54 Å². The summed E-state index contributed by atoms with van der Waals surface area (Å²) in [7, 11) is 0. The van der Waals surface area contributed by atoms with Crippen LogP contribution in [0.1, 0.15) is 45.4 Å². The second-order valence-electron chi connectivity index (χ2n) is 6.10. The lowest BCUT2D eigenvalue weighted by atomic mass is 9.85. The molecule has 2 rings (SSSR count). The summed E-state index contributed by atoms with van der Waals surface area (Å²) in [6.07, 6.45) is 2.76. The van der Waals surface area contributed by atoms with Gasteiger partial charge in [0, 0.05) is 18.6 Å². The first-order valence-electron chi connectivity index (χ1n) is 7.53. The van der Waals surface area contributed by atoms with E-state index in [-0.39, 0.29) is 6.04 Å². The first-order valence-corrected chi connectivity index (χ1v) is 7.53. The average molecular weight is 278 g/mol. The smallest absolute Gasteiger partial charge is 0.310 e. The lowest BCUT2D eigenvalue weighted by Crippen LogP contribution is -2.44. The number of halogens is 3. The Morgan fingerprint density at radius 2 is 1.95 bits per heavy atom. The SMILES string of the molecule is CCCN(CC1CC2CCCCC2N1)CC(F)(F)F. The van der Waals surface area contributed by atoms with Crippen LogP contribution in [-0.2, 0) is 0 Å². The van der Waals surface area contributed by atoms with Gasteiger partial charge in [-0.3, -0.25) is 4.90 Å². The highest BCUT2D eigenvalue weighted by molar-refractivity contribution is 4.94. The average Bonchev–Trinajstić information content (AvgIpc) is 2.69. The lowest BCUT2D eigenvalue weighted by molar-refractivity contribution is -0.146. The van der Waals surface area contributed by atoms with Crippen molar-refractivity contribution in [2.75, 3.05) is 19.6 Å². The molecular formula is C14H25F3N2. The van der Waals surface area contributed by atoms with Crippen LogP contribution in [0, 0.1) is 5.92 Å². The fourth-order valence-electron chi connectivity index (χ4n) is 3.69. The highest BCUT2D eigenvalue weighted by Gasteiger charge is 2.37. The molecular weight excluding hydrogens is 253 g/mol. The van der Waals surface area contributed by atoms with Crippen LogP contribution >= 0.6 is 0 Å². The maximum absolute atomic E-state index is 12.5. The topological polar surface area (TPSA) is 15.3 Å². The molecule has 1 saturated carbocycles. The summed E-state index contributed by atoms with van der Waals surface area (Å²) in [5, 5.41) is 3.56. The molecule has 0 aromatic rings. The van der Waals surface area contributed by atoms with E-state index in [1.54, 1.807) is 4.90 Å². The molecule has 0 aromatic carbocycles. The van der Waals surface area contributed by atoms with Gasteiger partial charge in [0.15, 0.2) is 0 Å². The molecule has 0 radical (unpaired) electrons. The first-order chi connectivity index (χ1) is 8.98. The highest BCUT2D eigenvalue weighted by Crippen LogP contribution is 2.33. The third-order valence-electron chi connectivity index (χ3n) is 4.37. The van der Waals surface area contributed by atoms with Crippen molar-refractivity contribution in [1.29, 1.82) is 0 Å². The Balaban J connectivity index is 1.84. The van der Waals surface area contributed by atoms with E-state index in [2.05, 4.69) is 5.32 Å². The zero-order chi connectivity index (χ0) is 13.9. The zero-order valence-electron chi connectivity index (χ0n) is 11.7. The van der Waals surface area contributed by atoms with Gasteiger partial charge in [-0.2, -0.15) is 13.2 Å². The van der Waals surface area contributed by atoms with Gasteiger partial charge in [0.2, 0.25) is 0 Å². The Bertz CT molecular complexity index is 266. The largest absolute Gasteiger partial charge is 0.401 e. The Kier molecular flexibility index (Phi) is 5.12. The summed E-state index contributed by atoms with van der Waals surface area (Å²) in [4.78, 5) is 1.56. The maximum atomic E-state index is 12.5. The molecule has 1 aliphatic heterocycles. The van der Waals surface area contributed by atoms with E-state index >= 15 is 0 Å². The standard InChI is InChI=1S/C14H25F3N2/c1-2-7-19(10-14(15,16)17)9-12-8-11-5-3-4-6-13(11)18-12/h11-13,18H,2-10H2,1H3. The van der Waals surface area contributed by atoms with E-state index in [0.29, 0.717) is 25.0 Å². The summed E-state index contributed by atoms with van der Waals surface area (Å²) in [6, 6.07) is 0.815. The molecule has 3 atom stereocenters. The van der Waals surface area contributed by atoms with E-state index < -0.39 is 12.7 Å². The molecule has 3 unspecified atom stereocenters. The second-order valence-corrected chi connectivity index (χ2v) is 6.10. The number of hydrogen-bond acceptors (Lipinski definition) is 2. The van der Waals surface area contributed by atoms with Crippen molar-refractivity contribution in [1.82, 2.24) is 10.2 Å². The number of nitrogens with zero attached hydrogens (tertiary/aromatic N) is 1. The van der Waals surface area contributed by atoms with Gasteiger partial charge >= 0.3 is 6.18 Å².